The van der Waals surface area contributed by atoms with Crippen molar-refractivity contribution in [1.82, 2.24) is 4.90 Å². The van der Waals surface area contributed by atoms with E-state index in [4.69, 9.17) is 9.15 Å². The molecule has 1 atom stereocenters. The summed E-state index contributed by atoms with van der Waals surface area (Å²) >= 11 is 0. The normalized spacial score (nSPS) is 16.6. The second-order valence-corrected chi connectivity index (χ2v) is 5.63. The van der Waals surface area contributed by atoms with Gasteiger partial charge in [-0.1, -0.05) is 6.08 Å². The van der Waals surface area contributed by atoms with E-state index in [1.54, 1.807) is 6.08 Å². The lowest BCUT2D eigenvalue weighted by molar-refractivity contribution is 0.0224. The average Bonchev–Trinajstić information content (AvgIpc) is 3.11. The Kier molecular flexibility index (Phi) is 5.83. The van der Waals surface area contributed by atoms with E-state index in [2.05, 4.69) is 11.5 Å². The molecule has 0 amide bonds. The van der Waals surface area contributed by atoms with Crippen LogP contribution in [0.2, 0.25) is 0 Å². The van der Waals surface area contributed by atoms with Gasteiger partial charge in [0.15, 0.2) is 0 Å². The molecule has 0 aliphatic heterocycles. The van der Waals surface area contributed by atoms with Crippen LogP contribution in [0.5, 0.6) is 0 Å². The van der Waals surface area contributed by atoms with Crippen molar-refractivity contribution in [2.75, 3.05) is 26.3 Å². The summed E-state index contributed by atoms with van der Waals surface area (Å²) in [6.45, 7) is 8.78. The monoisotopic (exact) mass is 279 g/mol. The number of hydrogen-bond acceptors (Lipinski definition) is 4. The lowest BCUT2D eigenvalue weighted by Crippen LogP contribution is -2.35. The third kappa shape index (κ3) is 5.49. The largest absolute Gasteiger partial charge is 0.465 e. The summed E-state index contributed by atoms with van der Waals surface area (Å²) in [6.07, 6.45) is 3.83. The molecule has 0 spiro atoms. The summed E-state index contributed by atoms with van der Waals surface area (Å²) in [5.74, 6) is 2.68. The van der Waals surface area contributed by atoms with E-state index < -0.39 is 6.10 Å². The predicted molar refractivity (Wildman–Crippen MR) is 78.5 cm³/mol. The molecule has 0 radical (unpaired) electrons. The number of hydrogen-bond donors (Lipinski definition) is 1. The van der Waals surface area contributed by atoms with Crippen molar-refractivity contribution in [1.29, 1.82) is 0 Å². The van der Waals surface area contributed by atoms with Gasteiger partial charge in [0, 0.05) is 13.1 Å². The minimum absolute atomic E-state index is 0.352. The molecule has 1 aliphatic rings. The molecule has 1 fully saturated rings. The van der Waals surface area contributed by atoms with Crippen molar-refractivity contribution in [3.05, 3.63) is 36.3 Å². The Labute approximate surface area is 121 Å². The first-order chi connectivity index (χ1) is 9.67. The van der Waals surface area contributed by atoms with Gasteiger partial charge in [-0.15, -0.1) is 6.58 Å². The van der Waals surface area contributed by atoms with Crippen LogP contribution in [-0.4, -0.2) is 42.4 Å². The van der Waals surface area contributed by atoms with Crippen LogP contribution in [0.4, 0.5) is 0 Å². The van der Waals surface area contributed by atoms with Gasteiger partial charge in [-0.2, -0.15) is 0 Å². The minimum atomic E-state index is -0.468. The Morgan fingerprint density at radius 3 is 2.95 bits per heavy atom. The van der Waals surface area contributed by atoms with Crippen LogP contribution in [-0.2, 0) is 11.3 Å². The lowest BCUT2D eigenvalue weighted by Gasteiger charge is -2.24. The van der Waals surface area contributed by atoms with Crippen LogP contribution in [0, 0.1) is 12.8 Å². The average molecular weight is 279 g/mol. The number of furan rings is 1. The number of aliphatic hydroxyl groups is 1. The first-order valence-electron chi connectivity index (χ1n) is 7.31. The van der Waals surface area contributed by atoms with E-state index in [9.17, 15) is 5.11 Å². The van der Waals surface area contributed by atoms with E-state index >= 15 is 0 Å². The van der Waals surface area contributed by atoms with Crippen molar-refractivity contribution in [3.63, 3.8) is 0 Å². The third-order valence-electron chi connectivity index (χ3n) is 3.40. The topological polar surface area (TPSA) is 45.8 Å². The molecule has 1 N–H and O–H groups in total. The van der Waals surface area contributed by atoms with E-state index in [-0.39, 0.29) is 0 Å². The molecule has 20 heavy (non-hydrogen) atoms. The molecule has 1 saturated carbocycles. The van der Waals surface area contributed by atoms with Gasteiger partial charge in [-0.05, 0) is 37.8 Å². The minimum Gasteiger partial charge on any atom is -0.465 e. The maximum atomic E-state index is 10.0. The zero-order chi connectivity index (χ0) is 14.4. The number of aliphatic hydroxyl groups excluding tert-OH is 1. The van der Waals surface area contributed by atoms with Crippen molar-refractivity contribution >= 4 is 0 Å². The fraction of sp³-hybridized carbons (Fsp3) is 0.625. The van der Waals surface area contributed by atoms with Crippen LogP contribution in [0.1, 0.15) is 24.4 Å². The van der Waals surface area contributed by atoms with Gasteiger partial charge >= 0.3 is 0 Å². The first kappa shape index (κ1) is 15.3. The van der Waals surface area contributed by atoms with Gasteiger partial charge < -0.3 is 14.3 Å². The smallest absolute Gasteiger partial charge is 0.118 e. The maximum Gasteiger partial charge on any atom is 0.118 e. The van der Waals surface area contributed by atoms with E-state index in [0.29, 0.717) is 19.8 Å². The van der Waals surface area contributed by atoms with Crippen LogP contribution < -0.4 is 0 Å². The summed E-state index contributed by atoms with van der Waals surface area (Å²) in [4.78, 5) is 2.26. The maximum absolute atomic E-state index is 10.0. The molecule has 0 bridgehead atoms. The molecule has 4 nitrogen and oxygen atoms in total. The van der Waals surface area contributed by atoms with Crippen LogP contribution in [0.15, 0.2) is 29.2 Å². The number of nitrogens with zero attached hydrogens (tertiary/aromatic N) is 1. The lowest BCUT2D eigenvalue weighted by atomic mass is 10.2. The molecule has 4 heteroatoms. The quantitative estimate of drug-likeness (QED) is 0.527. The molecular weight excluding hydrogens is 254 g/mol. The van der Waals surface area contributed by atoms with Crippen molar-refractivity contribution < 1.29 is 14.3 Å². The van der Waals surface area contributed by atoms with Crippen LogP contribution in [0.25, 0.3) is 0 Å². The zero-order valence-corrected chi connectivity index (χ0v) is 12.3. The Balaban J connectivity index is 1.81. The summed E-state index contributed by atoms with van der Waals surface area (Å²) < 4.78 is 10.9. The standard InChI is InChI=1S/C16H25NO3/c1-3-8-19-12-15(18)10-17(9-14-5-6-14)11-16-7-4-13(2)20-16/h3-4,7,14-15,18H,1,5-6,8-12H2,2H3/t15-/m1/s1. The number of rotatable bonds is 10. The van der Waals surface area contributed by atoms with E-state index in [0.717, 1.165) is 30.5 Å². The second-order valence-electron chi connectivity index (χ2n) is 5.63. The fourth-order valence-corrected chi connectivity index (χ4v) is 2.30. The molecule has 112 valence electrons. The van der Waals surface area contributed by atoms with E-state index in [1.807, 2.05) is 19.1 Å². The van der Waals surface area contributed by atoms with Crippen LogP contribution >= 0.6 is 0 Å². The van der Waals surface area contributed by atoms with Crippen molar-refractivity contribution in [2.45, 2.75) is 32.4 Å². The fourth-order valence-electron chi connectivity index (χ4n) is 2.30. The Morgan fingerprint density at radius 1 is 1.55 bits per heavy atom. The molecule has 1 heterocycles. The highest BCUT2D eigenvalue weighted by Crippen LogP contribution is 2.30. The Bertz CT molecular complexity index is 412. The highest BCUT2D eigenvalue weighted by molar-refractivity contribution is 5.05. The zero-order valence-electron chi connectivity index (χ0n) is 12.3. The van der Waals surface area contributed by atoms with Gasteiger partial charge in [0.05, 0.1) is 25.9 Å². The Morgan fingerprint density at radius 2 is 2.35 bits per heavy atom. The predicted octanol–water partition coefficient (Wildman–Crippen LogP) is 2.36. The Hall–Kier alpha value is -1.10. The summed E-state index contributed by atoms with van der Waals surface area (Å²) in [5, 5.41) is 10.0. The van der Waals surface area contributed by atoms with Gasteiger partial charge in [0.25, 0.3) is 0 Å². The molecule has 0 aromatic carbocycles. The van der Waals surface area contributed by atoms with Gasteiger partial charge in [0.1, 0.15) is 11.5 Å². The summed E-state index contributed by atoms with van der Waals surface area (Å²) in [7, 11) is 0. The molecule has 0 saturated heterocycles. The third-order valence-corrected chi connectivity index (χ3v) is 3.40. The number of ether oxygens (including phenoxy) is 1. The van der Waals surface area contributed by atoms with Crippen molar-refractivity contribution in [3.8, 4) is 0 Å². The molecule has 2 rings (SSSR count). The second kappa shape index (κ2) is 7.62. The molecular formula is C16H25NO3. The molecule has 1 aliphatic carbocycles. The highest BCUT2D eigenvalue weighted by atomic mass is 16.5. The van der Waals surface area contributed by atoms with Gasteiger partial charge in [0.2, 0.25) is 0 Å². The molecule has 1 aromatic heterocycles. The van der Waals surface area contributed by atoms with Crippen LogP contribution in [0.3, 0.4) is 0 Å². The molecule has 0 unspecified atom stereocenters. The van der Waals surface area contributed by atoms with Gasteiger partial charge in [-0.25, -0.2) is 0 Å². The van der Waals surface area contributed by atoms with Crippen molar-refractivity contribution in [2.24, 2.45) is 5.92 Å². The number of aryl methyl sites for hydroxylation is 1. The molecule has 1 aromatic rings. The van der Waals surface area contributed by atoms with Gasteiger partial charge in [-0.3, -0.25) is 4.90 Å². The SMILES string of the molecule is C=CCOC[C@H](O)CN(Cc1ccc(C)o1)CC1CC1. The first-order valence-corrected chi connectivity index (χ1v) is 7.31. The summed E-state index contributed by atoms with van der Waals surface area (Å²) in [5.41, 5.74) is 0. The van der Waals surface area contributed by atoms with E-state index in [1.165, 1.54) is 12.8 Å². The summed E-state index contributed by atoms with van der Waals surface area (Å²) in [6, 6.07) is 3.99. The highest BCUT2D eigenvalue weighted by Gasteiger charge is 2.25.